The second kappa shape index (κ2) is 6.28. The average Bonchev–Trinajstić information content (AvgIpc) is 2.43. The van der Waals surface area contributed by atoms with Gasteiger partial charge in [-0.15, -0.1) is 0 Å². The van der Waals surface area contributed by atoms with E-state index in [0.717, 1.165) is 37.3 Å². The van der Waals surface area contributed by atoms with E-state index < -0.39 is 0 Å². The molecule has 4 fully saturated rings. The summed E-state index contributed by atoms with van der Waals surface area (Å²) < 4.78 is 4.84. The van der Waals surface area contributed by atoms with Gasteiger partial charge in [-0.1, -0.05) is 6.92 Å². The van der Waals surface area contributed by atoms with E-state index in [4.69, 9.17) is 4.74 Å². The van der Waals surface area contributed by atoms with Crippen molar-refractivity contribution in [2.45, 2.75) is 58.3 Å². The molecule has 0 aromatic rings. The van der Waals surface area contributed by atoms with Crippen molar-refractivity contribution in [2.75, 3.05) is 26.7 Å². The Labute approximate surface area is 129 Å². The van der Waals surface area contributed by atoms with E-state index in [2.05, 4.69) is 11.8 Å². The third kappa shape index (κ3) is 3.44. The van der Waals surface area contributed by atoms with Gasteiger partial charge in [0.15, 0.2) is 0 Å². The van der Waals surface area contributed by atoms with Crippen molar-refractivity contribution in [3.8, 4) is 0 Å². The van der Waals surface area contributed by atoms with Gasteiger partial charge in [0.2, 0.25) is 0 Å². The molecule has 4 bridgehead atoms. The zero-order chi connectivity index (χ0) is 14.9. The Kier molecular flexibility index (Phi) is 4.58. The molecular formula is C18H31NO2. The summed E-state index contributed by atoms with van der Waals surface area (Å²) in [4.78, 5) is 13.9. The predicted molar refractivity (Wildman–Crippen MR) is 84.0 cm³/mol. The maximum atomic E-state index is 11.6. The number of ether oxygens (including phenoxy) is 1. The fourth-order valence-corrected chi connectivity index (χ4v) is 5.82. The van der Waals surface area contributed by atoms with Gasteiger partial charge in [0.05, 0.1) is 13.7 Å². The Morgan fingerprint density at radius 2 is 1.67 bits per heavy atom. The number of rotatable bonds is 7. The van der Waals surface area contributed by atoms with Crippen LogP contribution < -0.4 is 0 Å². The van der Waals surface area contributed by atoms with Gasteiger partial charge >= 0.3 is 5.97 Å². The number of methoxy groups -OCH3 is 1. The molecule has 0 heterocycles. The monoisotopic (exact) mass is 293 g/mol. The van der Waals surface area contributed by atoms with Crippen LogP contribution in [0.15, 0.2) is 0 Å². The standard InChI is InChI=1S/C18H31NO2/c1-3-5-19(13-17(20)21-2)6-4-18-10-14-7-15(11-18)9-16(8-14)12-18/h14-16H,3-13H2,1-2H3. The van der Waals surface area contributed by atoms with Crippen molar-refractivity contribution in [1.29, 1.82) is 0 Å². The van der Waals surface area contributed by atoms with Gasteiger partial charge in [0.25, 0.3) is 0 Å². The van der Waals surface area contributed by atoms with E-state index in [1.54, 1.807) is 0 Å². The lowest BCUT2D eigenvalue weighted by molar-refractivity contribution is -0.142. The van der Waals surface area contributed by atoms with Gasteiger partial charge in [-0.25, -0.2) is 0 Å². The van der Waals surface area contributed by atoms with Gasteiger partial charge < -0.3 is 4.74 Å². The van der Waals surface area contributed by atoms with Crippen LogP contribution in [0.3, 0.4) is 0 Å². The van der Waals surface area contributed by atoms with Crippen molar-refractivity contribution in [1.82, 2.24) is 4.90 Å². The second-order valence-corrected chi connectivity index (χ2v) is 8.02. The first-order chi connectivity index (χ1) is 10.1. The smallest absolute Gasteiger partial charge is 0.319 e. The van der Waals surface area contributed by atoms with Crippen LogP contribution in [0.1, 0.15) is 58.3 Å². The molecular weight excluding hydrogens is 262 g/mol. The number of hydrogen-bond acceptors (Lipinski definition) is 3. The van der Waals surface area contributed by atoms with Crippen molar-refractivity contribution in [2.24, 2.45) is 23.2 Å². The molecule has 3 nitrogen and oxygen atoms in total. The number of carbonyl (C=O) groups is 1. The van der Waals surface area contributed by atoms with Crippen molar-refractivity contribution >= 4 is 5.97 Å². The minimum atomic E-state index is -0.0889. The molecule has 0 aromatic carbocycles. The molecule has 0 amide bonds. The largest absolute Gasteiger partial charge is 0.468 e. The SMILES string of the molecule is CCCN(CCC12CC3CC(CC(C3)C1)C2)CC(=O)OC. The molecule has 3 heteroatoms. The van der Waals surface area contributed by atoms with Gasteiger partial charge in [-0.05, 0) is 87.6 Å². The number of esters is 1. The highest BCUT2D eigenvalue weighted by Crippen LogP contribution is 2.61. The summed E-state index contributed by atoms with van der Waals surface area (Å²) in [5.41, 5.74) is 0.622. The van der Waals surface area contributed by atoms with E-state index >= 15 is 0 Å². The molecule has 0 N–H and O–H groups in total. The van der Waals surface area contributed by atoms with Crippen molar-refractivity contribution in [3.05, 3.63) is 0 Å². The fraction of sp³-hybridized carbons (Fsp3) is 0.944. The molecule has 4 aliphatic rings. The summed E-state index contributed by atoms with van der Waals surface area (Å²) in [5, 5.41) is 0. The quantitative estimate of drug-likeness (QED) is 0.673. The summed E-state index contributed by atoms with van der Waals surface area (Å²) in [7, 11) is 1.49. The molecule has 0 spiro atoms. The Hall–Kier alpha value is -0.570. The van der Waals surface area contributed by atoms with Gasteiger partial charge in [0, 0.05) is 0 Å². The molecule has 4 aliphatic carbocycles. The lowest BCUT2D eigenvalue weighted by Gasteiger charge is -2.57. The molecule has 0 saturated heterocycles. The molecule has 4 rings (SSSR count). The summed E-state index contributed by atoms with van der Waals surface area (Å²) in [6, 6.07) is 0. The van der Waals surface area contributed by atoms with E-state index in [1.165, 1.54) is 52.1 Å². The first-order valence-electron chi connectivity index (χ1n) is 8.91. The zero-order valence-electron chi connectivity index (χ0n) is 13.8. The minimum Gasteiger partial charge on any atom is -0.468 e. The molecule has 120 valence electrons. The molecule has 0 aromatic heterocycles. The average molecular weight is 293 g/mol. The van der Waals surface area contributed by atoms with Crippen LogP contribution in [0.25, 0.3) is 0 Å². The van der Waals surface area contributed by atoms with Crippen LogP contribution in [0.4, 0.5) is 0 Å². The maximum absolute atomic E-state index is 11.6. The van der Waals surface area contributed by atoms with Crippen LogP contribution in [0.2, 0.25) is 0 Å². The molecule has 0 aliphatic heterocycles. The first-order valence-corrected chi connectivity index (χ1v) is 8.91. The summed E-state index contributed by atoms with van der Waals surface area (Å²) >= 11 is 0. The predicted octanol–water partition coefficient (Wildman–Crippen LogP) is 3.48. The van der Waals surface area contributed by atoms with E-state index in [0.29, 0.717) is 12.0 Å². The van der Waals surface area contributed by atoms with E-state index in [1.807, 2.05) is 0 Å². The lowest BCUT2D eigenvalue weighted by atomic mass is 9.49. The van der Waals surface area contributed by atoms with Crippen molar-refractivity contribution in [3.63, 3.8) is 0 Å². The maximum Gasteiger partial charge on any atom is 0.319 e. The lowest BCUT2D eigenvalue weighted by Crippen LogP contribution is -2.47. The summed E-state index contributed by atoms with van der Waals surface area (Å²) in [5.74, 6) is 2.98. The van der Waals surface area contributed by atoms with Crippen LogP contribution in [0, 0.1) is 23.2 Å². The number of carbonyl (C=O) groups excluding carboxylic acids is 1. The number of nitrogens with zero attached hydrogens (tertiary/aromatic N) is 1. The molecule has 0 radical (unpaired) electrons. The van der Waals surface area contributed by atoms with Crippen LogP contribution in [-0.2, 0) is 9.53 Å². The normalized spacial score (nSPS) is 37.2. The third-order valence-electron chi connectivity index (χ3n) is 6.24. The Morgan fingerprint density at radius 3 is 2.14 bits per heavy atom. The topological polar surface area (TPSA) is 29.5 Å². The van der Waals surface area contributed by atoms with Crippen LogP contribution >= 0.6 is 0 Å². The van der Waals surface area contributed by atoms with E-state index in [9.17, 15) is 4.79 Å². The van der Waals surface area contributed by atoms with Crippen molar-refractivity contribution < 1.29 is 9.53 Å². The summed E-state index contributed by atoms with van der Waals surface area (Å²) in [6.45, 7) is 4.75. The van der Waals surface area contributed by atoms with Gasteiger partial charge in [0.1, 0.15) is 0 Å². The second-order valence-electron chi connectivity index (χ2n) is 8.02. The fourth-order valence-electron chi connectivity index (χ4n) is 5.82. The Bertz CT molecular complexity index is 344. The Balaban J connectivity index is 1.56. The molecule has 0 unspecified atom stereocenters. The molecule has 21 heavy (non-hydrogen) atoms. The van der Waals surface area contributed by atoms with Crippen LogP contribution in [0.5, 0.6) is 0 Å². The third-order valence-corrected chi connectivity index (χ3v) is 6.24. The molecule has 0 atom stereocenters. The van der Waals surface area contributed by atoms with Crippen LogP contribution in [-0.4, -0.2) is 37.6 Å². The highest BCUT2D eigenvalue weighted by atomic mass is 16.5. The Morgan fingerprint density at radius 1 is 1.10 bits per heavy atom. The highest BCUT2D eigenvalue weighted by Gasteiger charge is 2.50. The van der Waals surface area contributed by atoms with Gasteiger partial charge in [-0.2, -0.15) is 0 Å². The molecule has 4 saturated carbocycles. The van der Waals surface area contributed by atoms with E-state index in [-0.39, 0.29) is 5.97 Å². The zero-order valence-corrected chi connectivity index (χ0v) is 13.8. The highest BCUT2D eigenvalue weighted by molar-refractivity contribution is 5.71. The van der Waals surface area contributed by atoms with Gasteiger partial charge in [-0.3, -0.25) is 9.69 Å². The minimum absolute atomic E-state index is 0.0889. The number of hydrogen-bond donors (Lipinski definition) is 0. The summed E-state index contributed by atoms with van der Waals surface area (Å²) in [6.07, 6.45) is 11.4. The first kappa shape index (κ1) is 15.3.